The second-order valence-corrected chi connectivity index (χ2v) is 4.79. The lowest BCUT2D eigenvalue weighted by molar-refractivity contribution is 0.282. The summed E-state index contributed by atoms with van der Waals surface area (Å²) in [5.41, 5.74) is 2.45. The minimum absolute atomic E-state index is 0.0376. The largest absolute Gasteiger partial charge is 0.507 e. The molecule has 0 saturated carbocycles. The summed E-state index contributed by atoms with van der Waals surface area (Å²) in [6, 6.07) is 12.2. The van der Waals surface area contributed by atoms with Gasteiger partial charge in [-0.05, 0) is 30.2 Å². The Hall–Kier alpha value is -2.04. The molecule has 0 aliphatic carbocycles. The number of phenols is 2. The fraction of sp³-hybridized carbons (Fsp3) is 0.250. The monoisotopic (exact) mass is 273 g/mol. The highest BCUT2D eigenvalue weighted by Crippen LogP contribution is 2.32. The molecule has 0 aromatic heterocycles. The van der Waals surface area contributed by atoms with Gasteiger partial charge >= 0.3 is 0 Å². The highest BCUT2D eigenvalue weighted by Gasteiger charge is 2.14. The van der Waals surface area contributed by atoms with E-state index in [1.54, 1.807) is 18.2 Å². The van der Waals surface area contributed by atoms with Crippen molar-refractivity contribution in [1.82, 2.24) is 5.32 Å². The van der Waals surface area contributed by atoms with E-state index in [-0.39, 0.29) is 24.1 Å². The number of aliphatic hydroxyl groups excluding tert-OH is 1. The lowest BCUT2D eigenvalue weighted by Crippen LogP contribution is -2.18. The first-order valence-electron chi connectivity index (χ1n) is 6.54. The van der Waals surface area contributed by atoms with Crippen molar-refractivity contribution >= 4 is 0 Å². The van der Waals surface area contributed by atoms with Crippen LogP contribution in [0, 0.1) is 0 Å². The fourth-order valence-corrected chi connectivity index (χ4v) is 2.12. The standard InChI is InChI=1S/C16H19NO3/c1-11(16-14(19)3-2-4-15(16)20)17-9-12-5-7-13(10-18)8-6-12/h2-8,11,17-20H,9-10H2,1H3. The molecule has 2 rings (SSSR count). The van der Waals surface area contributed by atoms with Crippen LogP contribution in [0.2, 0.25) is 0 Å². The zero-order valence-electron chi connectivity index (χ0n) is 11.4. The Labute approximate surface area is 118 Å². The van der Waals surface area contributed by atoms with E-state index in [1.807, 2.05) is 31.2 Å². The summed E-state index contributed by atoms with van der Waals surface area (Å²) in [5, 5.41) is 31.8. The van der Waals surface area contributed by atoms with Gasteiger partial charge in [-0.1, -0.05) is 30.3 Å². The maximum absolute atomic E-state index is 9.80. The number of benzene rings is 2. The lowest BCUT2D eigenvalue weighted by Gasteiger charge is -2.17. The van der Waals surface area contributed by atoms with Gasteiger partial charge in [0.05, 0.1) is 12.2 Å². The molecule has 4 nitrogen and oxygen atoms in total. The summed E-state index contributed by atoms with van der Waals surface area (Å²) >= 11 is 0. The van der Waals surface area contributed by atoms with Crippen LogP contribution in [0.25, 0.3) is 0 Å². The van der Waals surface area contributed by atoms with Crippen molar-refractivity contribution in [2.24, 2.45) is 0 Å². The Morgan fingerprint density at radius 2 is 1.50 bits per heavy atom. The first kappa shape index (κ1) is 14.4. The molecule has 0 spiro atoms. The predicted octanol–water partition coefficient (Wildman–Crippen LogP) is 2.44. The summed E-state index contributed by atoms with van der Waals surface area (Å²) in [5.74, 6) is 0.168. The molecule has 0 radical (unpaired) electrons. The van der Waals surface area contributed by atoms with E-state index in [1.165, 1.54) is 0 Å². The van der Waals surface area contributed by atoms with Crippen LogP contribution in [-0.4, -0.2) is 15.3 Å². The van der Waals surface area contributed by atoms with E-state index in [0.29, 0.717) is 12.1 Å². The Morgan fingerprint density at radius 3 is 2.05 bits per heavy atom. The molecular formula is C16H19NO3. The normalized spacial score (nSPS) is 12.3. The summed E-state index contributed by atoms with van der Waals surface area (Å²) in [4.78, 5) is 0. The van der Waals surface area contributed by atoms with Gasteiger partial charge in [0.2, 0.25) is 0 Å². The first-order chi connectivity index (χ1) is 9.61. The van der Waals surface area contributed by atoms with Crippen LogP contribution in [0.1, 0.15) is 29.7 Å². The SMILES string of the molecule is CC(NCc1ccc(CO)cc1)c1c(O)cccc1O. The van der Waals surface area contributed by atoms with Crippen molar-refractivity contribution in [2.45, 2.75) is 26.1 Å². The van der Waals surface area contributed by atoms with Crippen molar-refractivity contribution < 1.29 is 15.3 Å². The fourth-order valence-electron chi connectivity index (χ4n) is 2.12. The van der Waals surface area contributed by atoms with Crippen LogP contribution in [0.4, 0.5) is 0 Å². The lowest BCUT2D eigenvalue weighted by atomic mass is 10.1. The van der Waals surface area contributed by atoms with Gasteiger partial charge < -0.3 is 20.6 Å². The molecule has 0 bridgehead atoms. The van der Waals surface area contributed by atoms with E-state index in [4.69, 9.17) is 5.11 Å². The summed E-state index contributed by atoms with van der Waals surface area (Å²) in [7, 11) is 0. The molecule has 0 fully saturated rings. The van der Waals surface area contributed by atoms with Crippen molar-refractivity contribution in [3.63, 3.8) is 0 Å². The van der Waals surface area contributed by atoms with Gasteiger partial charge in [0.15, 0.2) is 0 Å². The molecule has 0 saturated heterocycles. The average molecular weight is 273 g/mol. The van der Waals surface area contributed by atoms with E-state index >= 15 is 0 Å². The third-order valence-corrected chi connectivity index (χ3v) is 3.31. The van der Waals surface area contributed by atoms with Gasteiger partial charge in [0.1, 0.15) is 11.5 Å². The maximum atomic E-state index is 9.80. The van der Waals surface area contributed by atoms with Crippen LogP contribution >= 0.6 is 0 Å². The van der Waals surface area contributed by atoms with Crippen LogP contribution in [0.5, 0.6) is 11.5 Å². The molecule has 0 amide bonds. The molecule has 2 aromatic rings. The Balaban J connectivity index is 2.02. The minimum atomic E-state index is -0.172. The molecule has 106 valence electrons. The molecule has 0 aliphatic heterocycles. The zero-order valence-corrected chi connectivity index (χ0v) is 11.4. The molecule has 2 aromatic carbocycles. The van der Waals surface area contributed by atoms with Gasteiger partial charge in [-0.2, -0.15) is 0 Å². The third kappa shape index (κ3) is 3.29. The Kier molecular flexibility index (Phi) is 4.61. The van der Waals surface area contributed by atoms with E-state index < -0.39 is 0 Å². The number of aliphatic hydroxyl groups is 1. The Morgan fingerprint density at radius 1 is 0.950 bits per heavy atom. The molecule has 4 heteroatoms. The number of nitrogens with one attached hydrogen (secondary N) is 1. The molecular weight excluding hydrogens is 254 g/mol. The van der Waals surface area contributed by atoms with Crippen LogP contribution < -0.4 is 5.32 Å². The number of aromatic hydroxyl groups is 2. The van der Waals surface area contributed by atoms with Gasteiger partial charge in [-0.3, -0.25) is 0 Å². The Bertz CT molecular complexity index is 546. The van der Waals surface area contributed by atoms with Crippen molar-refractivity contribution in [3.05, 3.63) is 59.2 Å². The first-order valence-corrected chi connectivity index (χ1v) is 6.54. The average Bonchev–Trinajstić information content (AvgIpc) is 2.45. The highest BCUT2D eigenvalue weighted by atomic mass is 16.3. The number of phenolic OH excluding ortho intramolecular Hbond substituents is 2. The van der Waals surface area contributed by atoms with Crippen LogP contribution in [0.15, 0.2) is 42.5 Å². The van der Waals surface area contributed by atoms with Crippen molar-refractivity contribution in [2.75, 3.05) is 0 Å². The van der Waals surface area contributed by atoms with Gasteiger partial charge in [-0.15, -0.1) is 0 Å². The summed E-state index contributed by atoms with van der Waals surface area (Å²) < 4.78 is 0. The summed E-state index contributed by atoms with van der Waals surface area (Å²) in [6.45, 7) is 2.54. The van der Waals surface area contributed by atoms with Crippen molar-refractivity contribution in [1.29, 1.82) is 0 Å². The predicted molar refractivity (Wildman–Crippen MR) is 77.4 cm³/mol. The van der Waals surface area contributed by atoms with Crippen LogP contribution in [0.3, 0.4) is 0 Å². The van der Waals surface area contributed by atoms with E-state index in [2.05, 4.69) is 5.32 Å². The zero-order chi connectivity index (χ0) is 14.5. The molecule has 0 heterocycles. The van der Waals surface area contributed by atoms with Gasteiger partial charge in [-0.25, -0.2) is 0 Å². The second kappa shape index (κ2) is 6.41. The molecule has 20 heavy (non-hydrogen) atoms. The van der Waals surface area contributed by atoms with E-state index in [0.717, 1.165) is 11.1 Å². The molecule has 1 unspecified atom stereocenters. The molecule has 0 aliphatic rings. The van der Waals surface area contributed by atoms with Crippen molar-refractivity contribution in [3.8, 4) is 11.5 Å². The maximum Gasteiger partial charge on any atom is 0.124 e. The third-order valence-electron chi connectivity index (χ3n) is 3.31. The molecule has 4 N–H and O–H groups in total. The summed E-state index contributed by atoms with van der Waals surface area (Å²) in [6.07, 6.45) is 0. The number of hydrogen-bond acceptors (Lipinski definition) is 4. The molecule has 1 atom stereocenters. The smallest absolute Gasteiger partial charge is 0.124 e. The topological polar surface area (TPSA) is 72.7 Å². The van der Waals surface area contributed by atoms with E-state index in [9.17, 15) is 10.2 Å². The van der Waals surface area contributed by atoms with Gasteiger partial charge in [0, 0.05) is 12.6 Å². The highest BCUT2D eigenvalue weighted by molar-refractivity contribution is 5.44. The second-order valence-electron chi connectivity index (χ2n) is 4.79. The number of rotatable bonds is 5. The minimum Gasteiger partial charge on any atom is -0.507 e. The van der Waals surface area contributed by atoms with Gasteiger partial charge in [0.25, 0.3) is 0 Å². The quantitative estimate of drug-likeness (QED) is 0.675. The number of hydrogen-bond donors (Lipinski definition) is 4. The van der Waals surface area contributed by atoms with Crippen LogP contribution in [-0.2, 0) is 13.2 Å².